The minimum Gasteiger partial charge on any atom is -0.497 e. The van der Waals surface area contributed by atoms with Crippen LogP contribution in [0.2, 0.25) is 5.02 Å². The van der Waals surface area contributed by atoms with Gasteiger partial charge in [0.25, 0.3) is 5.56 Å². The summed E-state index contributed by atoms with van der Waals surface area (Å²) in [5.74, 6) is 1.50. The highest BCUT2D eigenvalue weighted by atomic mass is 35.5. The van der Waals surface area contributed by atoms with E-state index in [1.807, 2.05) is 43.3 Å². The summed E-state index contributed by atoms with van der Waals surface area (Å²) in [5, 5.41) is 8.18. The van der Waals surface area contributed by atoms with E-state index in [4.69, 9.17) is 16.3 Å². The van der Waals surface area contributed by atoms with E-state index < -0.39 is 0 Å². The van der Waals surface area contributed by atoms with Gasteiger partial charge in [-0.2, -0.15) is 4.68 Å². The Bertz CT molecular complexity index is 1200. The highest BCUT2D eigenvalue weighted by Crippen LogP contribution is 2.23. The minimum absolute atomic E-state index is 0.0475. The Balaban J connectivity index is 1.38. The van der Waals surface area contributed by atoms with Crippen LogP contribution in [0, 0.1) is 12.8 Å². The Morgan fingerprint density at radius 1 is 1.15 bits per heavy atom. The molecule has 0 atom stereocenters. The summed E-state index contributed by atoms with van der Waals surface area (Å²) in [7, 11) is 1.63. The maximum Gasteiger partial charge on any atom is 0.271 e. The predicted molar refractivity (Wildman–Crippen MR) is 129 cm³/mol. The van der Waals surface area contributed by atoms with Crippen LogP contribution < -0.4 is 20.5 Å². The molecule has 0 radical (unpaired) electrons. The van der Waals surface area contributed by atoms with Crippen LogP contribution in [0.1, 0.15) is 24.0 Å². The van der Waals surface area contributed by atoms with Crippen LogP contribution in [0.4, 0.5) is 5.82 Å². The van der Waals surface area contributed by atoms with Crippen molar-refractivity contribution in [2.24, 2.45) is 5.92 Å². The number of nitrogens with one attached hydrogen (secondary N) is 1. The minimum atomic E-state index is -0.217. The molecule has 0 spiro atoms. The Kier molecular flexibility index (Phi) is 6.99. The topological polar surface area (TPSA) is 76.5 Å². The van der Waals surface area contributed by atoms with Crippen molar-refractivity contribution >= 4 is 23.3 Å². The number of hydrogen-bond donors (Lipinski definition) is 1. The molecule has 1 saturated heterocycles. The lowest BCUT2D eigenvalue weighted by molar-refractivity contribution is -0.125. The predicted octanol–water partition coefficient (Wildman–Crippen LogP) is 3.74. The number of ether oxygens (including phenoxy) is 1. The summed E-state index contributed by atoms with van der Waals surface area (Å²) in [4.78, 5) is 27.2. The molecule has 0 bridgehead atoms. The average Bonchev–Trinajstić information content (AvgIpc) is 2.85. The molecule has 0 saturated carbocycles. The molecule has 1 aromatic heterocycles. The second-order valence-corrected chi connectivity index (χ2v) is 8.61. The first-order valence-electron chi connectivity index (χ1n) is 11.0. The molecule has 2 heterocycles. The fraction of sp³-hybridized carbons (Fsp3) is 0.320. The SMILES string of the molecule is COc1cccc(CNC(=O)C2CCN(c3ccc(=O)n(-c4ccc(C)c(Cl)c4)n3)CC2)c1. The number of carbonyl (C=O) groups excluding carboxylic acids is 1. The Morgan fingerprint density at radius 3 is 2.67 bits per heavy atom. The summed E-state index contributed by atoms with van der Waals surface area (Å²) in [6.45, 7) is 3.77. The van der Waals surface area contributed by atoms with Gasteiger partial charge >= 0.3 is 0 Å². The number of hydrogen-bond acceptors (Lipinski definition) is 5. The van der Waals surface area contributed by atoms with Gasteiger partial charge in [-0.15, -0.1) is 5.10 Å². The highest BCUT2D eigenvalue weighted by molar-refractivity contribution is 6.31. The molecule has 33 heavy (non-hydrogen) atoms. The number of methoxy groups -OCH3 is 1. The van der Waals surface area contributed by atoms with E-state index in [1.165, 1.54) is 10.7 Å². The van der Waals surface area contributed by atoms with Gasteiger partial charge in [-0.25, -0.2) is 0 Å². The van der Waals surface area contributed by atoms with Crippen molar-refractivity contribution in [2.45, 2.75) is 26.3 Å². The van der Waals surface area contributed by atoms with E-state index in [-0.39, 0.29) is 17.4 Å². The van der Waals surface area contributed by atoms with Crippen molar-refractivity contribution in [1.82, 2.24) is 15.1 Å². The summed E-state index contributed by atoms with van der Waals surface area (Å²) in [6.07, 6.45) is 1.45. The Hall–Kier alpha value is -3.32. The van der Waals surface area contributed by atoms with Crippen LogP contribution >= 0.6 is 11.6 Å². The highest BCUT2D eigenvalue weighted by Gasteiger charge is 2.26. The molecule has 4 rings (SSSR count). The molecule has 0 unspecified atom stereocenters. The molecule has 1 aliphatic heterocycles. The second kappa shape index (κ2) is 10.1. The first-order chi connectivity index (χ1) is 15.9. The van der Waals surface area contributed by atoms with Gasteiger partial charge in [0.1, 0.15) is 11.6 Å². The van der Waals surface area contributed by atoms with Crippen LogP contribution in [0.15, 0.2) is 59.4 Å². The molecule has 7 nitrogen and oxygen atoms in total. The quantitative estimate of drug-likeness (QED) is 0.599. The number of aromatic nitrogens is 2. The van der Waals surface area contributed by atoms with Crippen LogP contribution in [0.5, 0.6) is 5.75 Å². The van der Waals surface area contributed by atoms with Crippen LogP contribution in [0.25, 0.3) is 5.69 Å². The van der Waals surface area contributed by atoms with Gasteiger partial charge < -0.3 is 15.0 Å². The maximum absolute atomic E-state index is 12.7. The van der Waals surface area contributed by atoms with Gasteiger partial charge in [0.05, 0.1) is 12.8 Å². The molecule has 1 aliphatic rings. The third kappa shape index (κ3) is 5.37. The molecule has 1 amide bonds. The molecular formula is C25H27ClN4O3. The van der Waals surface area contributed by atoms with Gasteiger partial charge in [-0.1, -0.05) is 29.8 Å². The van der Waals surface area contributed by atoms with Crippen molar-refractivity contribution in [3.8, 4) is 11.4 Å². The number of benzene rings is 2. The number of amides is 1. The van der Waals surface area contributed by atoms with Crippen molar-refractivity contribution < 1.29 is 9.53 Å². The lowest BCUT2D eigenvalue weighted by atomic mass is 9.96. The summed E-state index contributed by atoms with van der Waals surface area (Å²) in [6, 6.07) is 16.4. The number of rotatable bonds is 6. The summed E-state index contributed by atoms with van der Waals surface area (Å²) in [5.41, 5.74) is 2.36. The lowest BCUT2D eigenvalue weighted by Crippen LogP contribution is -2.41. The van der Waals surface area contributed by atoms with E-state index in [0.717, 1.165) is 29.7 Å². The third-order valence-electron chi connectivity index (χ3n) is 5.98. The van der Waals surface area contributed by atoms with Crippen LogP contribution in [-0.4, -0.2) is 35.9 Å². The maximum atomic E-state index is 12.7. The molecule has 2 aromatic carbocycles. The van der Waals surface area contributed by atoms with Crippen molar-refractivity contribution in [3.63, 3.8) is 0 Å². The van der Waals surface area contributed by atoms with Crippen LogP contribution in [-0.2, 0) is 11.3 Å². The Morgan fingerprint density at radius 2 is 1.94 bits per heavy atom. The van der Waals surface area contributed by atoms with Crippen molar-refractivity contribution in [3.05, 3.63) is 81.1 Å². The number of aryl methyl sites for hydroxylation is 1. The van der Waals surface area contributed by atoms with E-state index >= 15 is 0 Å². The fourth-order valence-corrected chi connectivity index (χ4v) is 4.13. The van der Waals surface area contributed by atoms with Crippen molar-refractivity contribution in [1.29, 1.82) is 0 Å². The zero-order chi connectivity index (χ0) is 23.4. The standard InChI is InChI=1S/C25H27ClN4O3/c1-17-6-7-20(15-22(17)26)30-24(31)9-8-23(28-30)29-12-10-19(11-13-29)25(32)27-16-18-4-3-5-21(14-18)33-2/h3-9,14-15,19H,10-13,16H2,1-2H3,(H,27,32). The fourth-order valence-electron chi connectivity index (χ4n) is 3.96. The number of carbonyl (C=O) groups is 1. The molecular weight excluding hydrogens is 440 g/mol. The van der Waals surface area contributed by atoms with E-state index in [2.05, 4.69) is 15.3 Å². The smallest absolute Gasteiger partial charge is 0.271 e. The van der Waals surface area contributed by atoms with Gasteiger partial charge in [0, 0.05) is 36.6 Å². The number of anilines is 1. The first kappa shape index (κ1) is 22.9. The van der Waals surface area contributed by atoms with E-state index in [1.54, 1.807) is 19.2 Å². The van der Waals surface area contributed by atoms with Gasteiger partial charge in [0.15, 0.2) is 0 Å². The van der Waals surface area contributed by atoms with E-state index in [0.29, 0.717) is 36.2 Å². The molecule has 8 heteroatoms. The number of nitrogens with zero attached hydrogens (tertiary/aromatic N) is 3. The zero-order valence-corrected chi connectivity index (χ0v) is 19.5. The van der Waals surface area contributed by atoms with Gasteiger partial charge in [0.2, 0.25) is 5.91 Å². The normalized spacial score (nSPS) is 14.2. The summed E-state index contributed by atoms with van der Waals surface area (Å²) >= 11 is 6.23. The lowest BCUT2D eigenvalue weighted by Gasteiger charge is -2.32. The average molecular weight is 467 g/mol. The van der Waals surface area contributed by atoms with E-state index in [9.17, 15) is 9.59 Å². The zero-order valence-electron chi connectivity index (χ0n) is 18.8. The van der Waals surface area contributed by atoms with Crippen LogP contribution in [0.3, 0.4) is 0 Å². The largest absolute Gasteiger partial charge is 0.497 e. The Labute approximate surface area is 197 Å². The van der Waals surface area contributed by atoms with Crippen molar-refractivity contribution in [2.75, 3.05) is 25.1 Å². The molecule has 0 aliphatic carbocycles. The monoisotopic (exact) mass is 466 g/mol. The molecule has 3 aromatic rings. The summed E-state index contributed by atoms with van der Waals surface area (Å²) < 4.78 is 6.60. The second-order valence-electron chi connectivity index (χ2n) is 8.21. The number of halogens is 1. The molecule has 172 valence electrons. The van der Waals surface area contributed by atoms with Gasteiger partial charge in [-0.3, -0.25) is 9.59 Å². The molecule has 1 N–H and O–H groups in total. The van der Waals surface area contributed by atoms with Gasteiger partial charge in [-0.05, 0) is 61.2 Å². The third-order valence-corrected chi connectivity index (χ3v) is 6.38. The first-order valence-corrected chi connectivity index (χ1v) is 11.3. The number of piperidine rings is 1. The molecule has 1 fully saturated rings.